The number of fused-ring (bicyclic) bond motifs is 1. The molecule has 0 unspecified atom stereocenters. The number of amides is 2. The van der Waals surface area contributed by atoms with Gasteiger partial charge in [-0.15, -0.1) is 34.9 Å². The summed E-state index contributed by atoms with van der Waals surface area (Å²) < 4.78 is 0. The van der Waals surface area contributed by atoms with Gasteiger partial charge in [0.25, 0.3) is 0 Å². The van der Waals surface area contributed by atoms with Gasteiger partial charge in [-0.1, -0.05) is 6.07 Å². The molecule has 2 amide bonds. The summed E-state index contributed by atoms with van der Waals surface area (Å²) in [5.74, 6) is 4.09. The van der Waals surface area contributed by atoms with E-state index in [1.165, 1.54) is 4.88 Å². The minimum Gasteiger partial charge on any atom is -0.353 e. The Labute approximate surface area is 153 Å². The molecule has 3 heterocycles. The van der Waals surface area contributed by atoms with Crippen LogP contribution in [0.25, 0.3) is 0 Å². The van der Waals surface area contributed by atoms with E-state index < -0.39 is 0 Å². The monoisotopic (exact) mass is 388 g/mol. The molecule has 1 N–H and O–H groups in total. The number of thioether (sulfide) groups is 3. The number of nitrogens with zero attached hydrogens (tertiary/aromatic N) is 1. The number of carbonyl (C=O) groups is 2. The summed E-state index contributed by atoms with van der Waals surface area (Å²) in [6.45, 7) is 2.73. The van der Waals surface area contributed by atoms with Gasteiger partial charge in [-0.05, 0) is 18.4 Å². The number of carbonyl (C=O) groups excluding carboxylic acids is 2. The van der Waals surface area contributed by atoms with Gasteiger partial charge in [0.1, 0.15) is 6.04 Å². The van der Waals surface area contributed by atoms with Gasteiger partial charge in [-0.25, -0.2) is 0 Å². The van der Waals surface area contributed by atoms with Crippen LogP contribution in [0.1, 0.15) is 11.8 Å². The van der Waals surface area contributed by atoms with Crippen LogP contribution in [0.3, 0.4) is 0 Å². The maximum absolute atomic E-state index is 12.4. The lowest BCUT2D eigenvalue weighted by Gasteiger charge is -2.40. The van der Waals surface area contributed by atoms with Crippen LogP contribution < -0.4 is 5.32 Å². The fourth-order valence-corrected chi connectivity index (χ4v) is 7.20. The number of hydrogen-bond acceptors (Lipinski definition) is 6. The first kappa shape index (κ1) is 17.5. The molecule has 4 nitrogen and oxygen atoms in total. The SMILES string of the molecule is C[C@@]12CSCC(=O)N1[C@H](C(=O)NCCSCc1cccs1)CS2. The second-order valence-electron chi connectivity index (χ2n) is 5.68. The van der Waals surface area contributed by atoms with Gasteiger partial charge in [-0.2, -0.15) is 11.8 Å². The first-order chi connectivity index (χ1) is 11.1. The minimum absolute atomic E-state index is 0.00167. The van der Waals surface area contributed by atoms with Crippen molar-refractivity contribution in [2.45, 2.75) is 23.6 Å². The molecule has 0 aromatic carbocycles. The van der Waals surface area contributed by atoms with Crippen LogP contribution >= 0.6 is 46.6 Å². The molecule has 2 aliphatic heterocycles. The van der Waals surface area contributed by atoms with Crippen molar-refractivity contribution in [1.82, 2.24) is 10.2 Å². The minimum atomic E-state index is -0.305. The normalized spacial score (nSPS) is 27.1. The first-order valence-electron chi connectivity index (χ1n) is 7.52. The van der Waals surface area contributed by atoms with E-state index in [0.717, 1.165) is 17.3 Å². The molecule has 2 atom stereocenters. The van der Waals surface area contributed by atoms with Gasteiger partial charge in [0.2, 0.25) is 11.8 Å². The van der Waals surface area contributed by atoms with E-state index in [1.807, 2.05) is 16.7 Å². The fourth-order valence-electron chi connectivity index (χ4n) is 2.80. The number of hydrogen-bond donors (Lipinski definition) is 1. The standard InChI is InChI=1S/C15H20N2O2S4/c1-15-10-21-9-13(18)17(15)12(8-23-15)14(19)16-4-6-20-7-11-3-2-5-22-11/h2-3,5,12H,4,6-10H2,1H3,(H,16,19)/t12-,15+/m0/s1. The highest BCUT2D eigenvalue weighted by molar-refractivity contribution is 8.04. The molecule has 3 rings (SSSR count). The van der Waals surface area contributed by atoms with E-state index >= 15 is 0 Å². The molecular weight excluding hydrogens is 368 g/mol. The average Bonchev–Trinajstić information content (AvgIpc) is 3.14. The van der Waals surface area contributed by atoms with E-state index in [4.69, 9.17) is 0 Å². The predicted octanol–water partition coefficient (Wildman–Crippen LogP) is 2.50. The Kier molecular flexibility index (Phi) is 5.87. The van der Waals surface area contributed by atoms with Crippen LogP contribution in [0.4, 0.5) is 0 Å². The van der Waals surface area contributed by atoms with Crippen molar-refractivity contribution >= 4 is 58.4 Å². The Morgan fingerprint density at radius 1 is 1.57 bits per heavy atom. The van der Waals surface area contributed by atoms with Crippen molar-refractivity contribution < 1.29 is 9.59 Å². The van der Waals surface area contributed by atoms with Crippen molar-refractivity contribution in [2.75, 3.05) is 29.6 Å². The topological polar surface area (TPSA) is 49.4 Å². The van der Waals surface area contributed by atoms with E-state index in [1.54, 1.807) is 34.9 Å². The maximum Gasteiger partial charge on any atom is 0.243 e. The summed E-state index contributed by atoms with van der Waals surface area (Å²) in [7, 11) is 0. The predicted molar refractivity (Wildman–Crippen MR) is 102 cm³/mol. The molecule has 1 aromatic heterocycles. The van der Waals surface area contributed by atoms with Crippen LogP contribution in [0, 0.1) is 0 Å². The van der Waals surface area contributed by atoms with Crippen molar-refractivity contribution in [3.63, 3.8) is 0 Å². The number of thiophene rings is 1. The van der Waals surface area contributed by atoms with Gasteiger partial charge in [0.15, 0.2) is 0 Å². The Bertz CT molecular complexity index is 566. The molecule has 0 spiro atoms. The second kappa shape index (κ2) is 7.72. The highest BCUT2D eigenvalue weighted by atomic mass is 32.2. The molecule has 126 valence electrons. The molecule has 2 saturated heterocycles. The smallest absolute Gasteiger partial charge is 0.243 e. The van der Waals surface area contributed by atoms with Gasteiger partial charge in [-0.3, -0.25) is 9.59 Å². The van der Waals surface area contributed by atoms with Crippen LogP contribution in [-0.4, -0.2) is 57.2 Å². The van der Waals surface area contributed by atoms with Crippen LogP contribution in [0.15, 0.2) is 17.5 Å². The summed E-state index contributed by atoms with van der Waals surface area (Å²) in [5.41, 5.74) is 0. The maximum atomic E-state index is 12.4. The third-order valence-corrected chi connectivity index (χ3v) is 8.82. The van der Waals surface area contributed by atoms with Gasteiger partial charge >= 0.3 is 0 Å². The van der Waals surface area contributed by atoms with E-state index in [9.17, 15) is 9.59 Å². The number of nitrogens with one attached hydrogen (secondary N) is 1. The lowest BCUT2D eigenvalue weighted by atomic mass is 10.2. The lowest BCUT2D eigenvalue weighted by molar-refractivity contribution is -0.139. The molecule has 0 radical (unpaired) electrons. The van der Waals surface area contributed by atoms with Crippen molar-refractivity contribution in [3.8, 4) is 0 Å². The third kappa shape index (κ3) is 4.03. The zero-order valence-corrected chi connectivity index (χ0v) is 16.2. The molecule has 1 aromatic rings. The van der Waals surface area contributed by atoms with Gasteiger partial charge in [0.05, 0.1) is 10.6 Å². The van der Waals surface area contributed by atoms with Crippen molar-refractivity contribution in [3.05, 3.63) is 22.4 Å². The summed E-state index contributed by atoms with van der Waals surface area (Å²) >= 11 is 6.99. The van der Waals surface area contributed by atoms with Gasteiger partial charge < -0.3 is 10.2 Å². The Morgan fingerprint density at radius 2 is 2.43 bits per heavy atom. The summed E-state index contributed by atoms with van der Waals surface area (Å²) in [4.78, 5) is 27.6. The molecule has 23 heavy (non-hydrogen) atoms. The zero-order chi connectivity index (χ0) is 16.3. The molecule has 2 fully saturated rings. The first-order valence-corrected chi connectivity index (χ1v) is 11.7. The van der Waals surface area contributed by atoms with Crippen molar-refractivity contribution in [1.29, 1.82) is 0 Å². The molecule has 2 aliphatic rings. The quantitative estimate of drug-likeness (QED) is 0.759. The van der Waals surface area contributed by atoms with E-state index in [0.29, 0.717) is 18.1 Å². The Morgan fingerprint density at radius 3 is 3.22 bits per heavy atom. The molecule has 0 saturated carbocycles. The van der Waals surface area contributed by atoms with Crippen LogP contribution in [0.5, 0.6) is 0 Å². The van der Waals surface area contributed by atoms with Crippen molar-refractivity contribution in [2.24, 2.45) is 0 Å². The Hall–Kier alpha value is -0.310. The summed E-state index contributed by atoms with van der Waals surface area (Å²) in [5, 5.41) is 5.09. The highest BCUT2D eigenvalue weighted by Crippen LogP contribution is 2.44. The zero-order valence-electron chi connectivity index (χ0n) is 12.9. The van der Waals surface area contributed by atoms with Crippen LogP contribution in [-0.2, 0) is 15.3 Å². The van der Waals surface area contributed by atoms with Crippen LogP contribution in [0.2, 0.25) is 0 Å². The van der Waals surface area contributed by atoms with Gasteiger partial charge in [0, 0.05) is 34.4 Å². The average molecular weight is 389 g/mol. The summed E-state index contributed by atoms with van der Waals surface area (Å²) in [6.07, 6.45) is 0. The molecular formula is C15H20N2O2S4. The lowest BCUT2D eigenvalue weighted by Crippen LogP contribution is -2.57. The number of rotatable bonds is 6. The Balaban J connectivity index is 1.44. The molecule has 8 heteroatoms. The molecule has 0 aliphatic carbocycles. The largest absolute Gasteiger partial charge is 0.353 e. The fraction of sp³-hybridized carbons (Fsp3) is 0.600. The third-order valence-electron chi connectivity index (χ3n) is 3.91. The highest BCUT2D eigenvalue weighted by Gasteiger charge is 2.50. The van der Waals surface area contributed by atoms with E-state index in [2.05, 4.69) is 29.8 Å². The van der Waals surface area contributed by atoms with E-state index in [-0.39, 0.29) is 22.7 Å². The second-order valence-corrected chi connectivity index (χ2v) is 10.3. The molecule has 0 bridgehead atoms. The summed E-state index contributed by atoms with van der Waals surface area (Å²) in [6, 6.07) is 3.89.